The Hall–Kier alpha value is -1.34. The van der Waals surface area contributed by atoms with Crippen molar-refractivity contribution in [2.45, 2.75) is 19.5 Å². The van der Waals surface area contributed by atoms with Gasteiger partial charge < -0.3 is 4.52 Å². The molecule has 0 aromatic carbocycles. The molecule has 0 radical (unpaired) electrons. The maximum atomic E-state index is 5.13. The molecule has 1 atom stereocenters. The average molecular weight is 151 g/mol. The first-order valence-corrected chi connectivity index (χ1v) is 3.27. The van der Waals surface area contributed by atoms with Crippen molar-refractivity contribution in [2.24, 2.45) is 0 Å². The summed E-state index contributed by atoms with van der Waals surface area (Å²) in [5.41, 5.74) is 0. The summed E-state index contributed by atoms with van der Waals surface area (Å²) in [4.78, 5) is 3.81. The topological polar surface area (TPSA) is 51.0 Å². The van der Waals surface area contributed by atoms with Gasteiger partial charge in [0.15, 0.2) is 5.82 Å². The molecule has 0 saturated carbocycles. The Morgan fingerprint density at radius 3 is 3.27 bits per heavy atom. The Bertz CT molecular complexity index is 237. The third-order valence-electron chi connectivity index (χ3n) is 1.22. The van der Waals surface area contributed by atoms with Gasteiger partial charge in [0.2, 0.25) is 6.39 Å². The molecule has 11 heavy (non-hydrogen) atoms. The van der Waals surface area contributed by atoms with Crippen LogP contribution in [0.5, 0.6) is 0 Å². The molecule has 0 amide bonds. The second kappa shape index (κ2) is 3.74. The molecule has 0 bridgehead atoms. The summed E-state index contributed by atoms with van der Waals surface area (Å²) in [7, 11) is 0. The van der Waals surface area contributed by atoms with Gasteiger partial charge in [0, 0.05) is 0 Å². The lowest BCUT2D eigenvalue weighted by Gasteiger charge is -2.02. The molecule has 1 aromatic heterocycles. The number of nitrogens with zero attached hydrogens (tertiary/aromatic N) is 2. The number of hydrogen-bond acceptors (Lipinski definition) is 4. The van der Waals surface area contributed by atoms with Gasteiger partial charge >= 0.3 is 0 Å². The van der Waals surface area contributed by atoms with Crippen molar-refractivity contribution in [1.82, 2.24) is 15.5 Å². The summed E-state index contributed by atoms with van der Waals surface area (Å²) in [6.45, 7) is 2.43. The van der Waals surface area contributed by atoms with E-state index in [0.29, 0.717) is 12.4 Å². The van der Waals surface area contributed by atoms with Crippen molar-refractivity contribution in [3.05, 3.63) is 12.2 Å². The largest absolute Gasteiger partial charge is 0.343 e. The molecule has 4 nitrogen and oxygen atoms in total. The van der Waals surface area contributed by atoms with Crippen molar-refractivity contribution >= 4 is 0 Å². The van der Waals surface area contributed by atoms with E-state index in [1.54, 1.807) is 0 Å². The van der Waals surface area contributed by atoms with E-state index >= 15 is 0 Å². The van der Waals surface area contributed by atoms with Gasteiger partial charge in [0.05, 0.1) is 12.6 Å². The van der Waals surface area contributed by atoms with E-state index in [1.165, 1.54) is 6.39 Å². The average Bonchev–Trinajstić information content (AvgIpc) is 2.52. The minimum atomic E-state index is 0.0356. The zero-order valence-corrected chi connectivity index (χ0v) is 6.24. The van der Waals surface area contributed by atoms with Crippen LogP contribution in [0, 0.1) is 12.3 Å². The van der Waals surface area contributed by atoms with Crippen LogP contribution in [0.15, 0.2) is 10.9 Å². The first-order valence-electron chi connectivity index (χ1n) is 3.27. The summed E-state index contributed by atoms with van der Waals surface area (Å²) in [5, 5.41) is 6.62. The normalized spacial score (nSPS) is 12.4. The third kappa shape index (κ3) is 2.40. The van der Waals surface area contributed by atoms with E-state index < -0.39 is 0 Å². The van der Waals surface area contributed by atoms with Crippen LogP contribution >= 0.6 is 0 Å². The van der Waals surface area contributed by atoms with Crippen LogP contribution in [0.4, 0.5) is 0 Å². The molecular weight excluding hydrogens is 142 g/mol. The molecule has 1 N–H and O–H groups in total. The highest BCUT2D eigenvalue weighted by Crippen LogP contribution is 1.87. The lowest BCUT2D eigenvalue weighted by Crippen LogP contribution is -2.23. The quantitative estimate of drug-likeness (QED) is 0.626. The highest BCUT2D eigenvalue weighted by Gasteiger charge is 1.99. The third-order valence-corrected chi connectivity index (χ3v) is 1.22. The molecule has 1 aromatic rings. The van der Waals surface area contributed by atoms with Gasteiger partial charge in [0.25, 0.3) is 0 Å². The van der Waals surface area contributed by atoms with Gasteiger partial charge in [-0.25, -0.2) is 0 Å². The molecule has 0 fully saturated rings. The molecular formula is C7H9N3O. The van der Waals surface area contributed by atoms with E-state index in [1.807, 2.05) is 6.92 Å². The van der Waals surface area contributed by atoms with E-state index in [0.717, 1.165) is 0 Å². The lowest BCUT2D eigenvalue weighted by molar-refractivity contribution is 0.406. The zero-order chi connectivity index (χ0) is 8.10. The second-order valence-corrected chi connectivity index (χ2v) is 2.12. The van der Waals surface area contributed by atoms with Gasteiger partial charge in [-0.05, 0) is 6.92 Å². The fraction of sp³-hybridized carbons (Fsp3) is 0.429. The van der Waals surface area contributed by atoms with Crippen molar-refractivity contribution in [3.8, 4) is 12.3 Å². The lowest BCUT2D eigenvalue weighted by atomic mass is 10.3. The highest BCUT2D eigenvalue weighted by atomic mass is 16.5. The molecule has 0 saturated heterocycles. The van der Waals surface area contributed by atoms with Gasteiger partial charge in [-0.15, -0.1) is 6.42 Å². The predicted molar refractivity (Wildman–Crippen MR) is 39.4 cm³/mol. The number of aromatic nitrogens is 2. The Balaban J connectivity index is 2.30. The molecule has 58 valence electrons. The van der Waals surface area contributed by atoms with Crippen molar-refractivity contribution in [1.29, 1.82) is 0 Å². The van der Waals surface area contributed by atoms with Crippen molar-refractivity contribution < 1.29 is 4.52 Å². The van der Waals surface area contributed by atoms with E-state index in [-0.39, 0.29) is 6.04 Å². The summed E-state index contributed by atoms with van der Waals surface area (Å²) in [6.07, 6.45) is 6.42. The van der Waals surface area contributed by atoms with Crippen LogP contribution in [0.2, 0.25) is 0 Å². The van der Waals surface area contributed by atoms with Crippen molar-refractivity contribution in [3.63, 3.8) is 0 Å². The van der Waals surface area contributed by atoms with Crippen LogP contribution in [0.25, 0.3) is 0 Å². The Morgan fingerprint density at radius 1 is 1.91 bits per heavy atom. The molecule has 1 unspecified atom stereocenters. The molecule has 4 heteroatoms. The first kappa shape index (κ1) is 7.76. The summed E-state index contributed by atoms with van der Waals surface area (Å²) < 4.78 is 4.53. The second-order valence-electron chi connectivity index (χ2n) is 2.12. The van der Waals surface area contributed by atoms with Gasteiger partial charge in [0.1, 0.15) is 0 Å². The Labute approximate surface area is 65.0 Å². The fourth-order valence-electron chi connectivity index (χ4n) is 0.574. The van der Waals surface area contributed by atoms with Crippen molar-refractivity contribution in [2.75, 3.05) is 0 Å². The van der Waals surface area contributed by atoms with Gasteiger partial charge in [-0.2, -0.15) is 4.98 Å². The predicted octanol–water partition coefficient (Wildman–Crippen LogP) is 0.181. The minimum Gasteiger partial charge on any atom is -0.343 e. The van der Waals surface area contributed by atoms with Crippen LogP contribution in [0.3, 0.4) is 0 Å². The van der Waals surface area contributed by atoms with Crippen LogP contribution in [0.1, 0.15) is 12.7 Å². The van der Waals surface area contributed by atoms with Crippen LogP contribution in [-0.2, 0) is 6.54 Å². The molecule has 0 aliphatic heterocycles. The smallest absolute Gasteiger partial charge is 0.213 e. The van der Waals surface area contributed by atoms with E-state index in [9.17, 15) is 0 Å². The van der Waals surface area contributed by atoms with E-state index in [4.69, 9.17) is 6.42 Å². The van der Waals surface area contributed by atoms with Gasteiger partial charge in [-0.1, -0.05) is 11.1 Å². The molecule has 1 rings (SSSR count). The first-order chi connectivity index (χ1) is 5.33. The van der Waals surface area contributed by atoms with Crippen LogP contribution in [-0.4, -0.2) is 16.2 Å². The Kier molecular flexibility index (Phi) is 2.64. The zero-order valence-electron chi connectivity index (χ0n) is 6.24. The van der Waals surface area contributed by atoms with Gasteiger partial charge in [-0.3, -0.25) is 5.32 Å². The van der Waals surface area contributed by atoms with Crippen LogP contribution < -0.4 is 5.32 Å². The number of hydrogen-bond donors (Lipinski definition) is 1. The molecule has 0 aliphatic rings. The summed E-state index contributed by atoms with van der Waals surface area (Å²) in [5.74, 6) is 3.15. The minimum absolute atomic E-state index is 0.0356. The summed E-state index contributed by atoms with van der Waals surface area (Å²) in [6, 6.07) is 0.0356. The number of rotatable bonds is 3. The monoisotopic (exact) mass is 151 g/mol. The molecule has 0 aliphatic carbocycles. The fourth-order valence-corrected chi connectivity index (χ4v) is 0.574. The standard InChI is InChI=1S/C7H9N3O/c1-3-6(2)8-4-7-9-5-11-10-7/h1,5-6,8H,4H2,2H3. The summed E-state index contributed by atoms with van der Waals surface area (Å²) >= 11 is 0. The highest BCUT2D eigenvalue weighted by molar-refractivity contribution is 4.96. The molecule has 0 spiro atoms. The maximum absolute atomic E-state index is 5.13. The number of terminal acetylenes is 1. The Morgan fingerprint density at radius 2 is 2.73 bits per heavy atom. The SMILES string of the molecule is C#CC(C)NCc1ncon1. The van der Waals surface area contributed by atoms with E-state index in [2.05, 4.69) is 25.9 Å². The molecule has 1 heterocycles. The maximum Gasteiger partial charge on any atom is 0.213 e. The number of nitrogens with one attached hydrogen (secondary N) is 1.